The number of phenolic OH excluding ortho intramolecular Hbond substituents is 1. The average molecular weight is 766 g/mol. The van der Waals surface area contributed by atoms with Crippen LogP contribution in [0.15, 0.2) is 95.6 Å². The molecular formula is C44H53BClNO6Si. The fraction of sp³-hybridized carbons (Fsp3) is 0.455. The van der Waals surface area contributed by atoms with Crippen LogP contribution in [0.2, 0.25) is 16.4 Å². The normalized spacial score (nSPS) is 24.2. The van der Waals surface area contributed by atoms with E-state index in [9.17, 15) is 19.7 Å². The van der Waals surface area contributed by atoms with Crippen molar-refractivity contribution in [1.82, 2.24) is 4.90 Å². The number of nitrogens with zero attached hydrogens (tertiary/aromatic N) is 1. The van der Waals surface area contributed by atoms with Crippen LogP contribution in [0.3, 0.4) is 0 Å². The quantitative estimate of drug-likeness (QED) is 0.124. The van der Waals surface area contributed by atoms with Crippen LogP contribution >= 0.6 is 11.6 Å². The van der Waals surface area contributed by atoms with Crippen molar-refractivity contribution in [2.75, 3.05) is 6.61 Å². The van der Waals surface area contributed by atoms with Crippen LogP contribution in [0.25, 0.3) is 6.08 Å². The van der Waals surface area contributed by atoms with Gasteiger partial charge in [0.15, 0.2) is 0 Å². The van der Waals surface area contributed by atoms with Crippen molar-refractivity contribution in [2.45, 2.75) is 103 Å². The molecule has 4 aliphatic rings. The molecule has 0 spiro atoms. The van der Waals surface area contributed by atoms with Crippen molar-refractivity contribution in [2.24, 2.45) is 17.8 Å². The molecule has 2 amide bonds. The number of amides is 2. The number of carbonyl (C=O) groups excluding carboxylic acids is 2. The van der Waals surface area contributed by atoms with E-state index in [2.05, 4.69) is 69.3 Å². The van der Waals surface area contributed by atoms with Gasteiger partial charge in [-0.05, 0) is 102 Å². The maximum Gasteiger partial charge on any atom is 0.455 e. The summed E-state index contributed by atoms with van der Waals surface area (Å²) >= 11 is 6.44. The van der Waals surface area contributed by atoms with E-state index >= 15 is 0 Å². The summed E-state index contributed by atoms with van der Waals surface area (Å²) in [6, 6.07) is 26.0. The topological polar surface area (TPSA) is 96.3 Å². The third kappa shape index (κ3) is 7.42. The van der Waals surface area contributed by atoms with Gasteiger partial charge in [-0.15, -0.1) is 0 Å². The number of carbonyl (C=O) groups is 2. The molecule has 4 atom stereocenters. The Morgan fingerprint density at radius 3 is 2.22 bits per heavy atom. The number of rotatable bonds is 10. The molecule has 3 aromatic carbocycles. The second-order valence-electron chi connectivity index (χ2n) is 16.8. The Balaban J connectivity index is 1.28. The van der Waals surface area contributed by atoms with Gasteiger partial charge in [-0.3, -0.25) is 14.5 Å². The van der Waals surface area contributed by atoms with E-state index in [4.69, 9.17) is 20.7 Å². The maximum absolute atomic E-state index is 14.5. The van der Waals surface area contributed by atoms with Crippen LogP contribution in [-0.4, -0.2) is 61.0 Å². The fourth-order valence-electron chi connectivity index (χ4n) is 9.91. The largest absolute Gasteiger partial charge is 0.508 e. The third-order valence-corrected chi connectivity index (χ3v) is 17.7. The molecule has 0 bridgehead atoms. The van der Waals surface area contributed by atoms with Gasteiger partial charge < -0.3 is 19.2 Å². The number of fused-ring (bicyclic) bond motifs is 3. The lowest BCUT2D eigenvalue weighted by Crippen LogP contribution is -2.66. The molecule has 3 aromatic rings. The van der Waals surface area contributed by atoms with Gasteiger partial charge in [-0.25, -0.2) is 0 Å². The second kappa shape index (κ2) is 15.9. The SMILES string of the molecule is C/C(=C\c1ccc(O)cc1Cl)CC[C@H]1OB(O)C[C@H]2C1=C(CO[Si](c1ccccc1)(c1ccccc1)C(C)(C)C)C[C@H]1C(=O)N(C3CCCCC3)C(=O)[C@H]12. The highest BCUT2D eigenvalue weighted by Crippen LogP contribution is 2.52. The van der Waals surface area contributed by atoms with Crippen LogP contribution < -0.4 is 10.4 Å². The molecule has 2 aliphatic carbocycles. The van der Waals surface area contributed by atoms with Gasteiger partial charge in [-0.1, -0.05) is 124 Å². The van der Waals surface area contributed by atoms with Gasteiger partial charge >= 0.3 is 7.12 Å². The van der Waals surface area contributed by atoms with E-state index in [1.165, 1.54) is 16.4 Å². The predicted octanol–water partition coefficient (Wildman–Crippen LogP) is 7.94. The molecule has 2 saturated heterocycles. The standard InChI is InChI=1S/C44H53BClNO6Si/c1-29(24-30-21-22-33(48)26-38(30)46)20-23-39-40-31(28-52-54(44(2,3)4,34-16-10-6-11-17-34)35-18-12-7-13-19-35)25-36-41(37(40)27-45(51)53-39)43(50)47(42(36)49)32-14-8-5-9-15-32/h6-7,10-13,16-19,21-22,24,26,32,36-37,39,41,48,51H,5,8-9,14-15,20,23,25,27-28H2,1-4H3/b29-24+/t36-,37+,39-,41-/m1/s1. The molecule has 0 aromatic heterocycles. The van der Waals surface area contributed by atoms with Gasteiger partial charge in [0.25, 0.3) is 8.32 Å². The molecule has 0 unspecified atom stereocenters. The van der Waals surface area contributed by atoms with Crippen LogP contribution in [0.5, 0.6) is 5.75 Å². The molecule has 3 fully saturated rings. The molecule has 2 aliphatic heterocycles. The van der Waals surface area contributed by atoms with Crippen molar-refractivity contribution in [1.29, 1.82) is 0 Å². The molecule has 7 nitrogen and oxygen atoms in total. The van der Waals surface area contributed by atoms with Crippen LogP contribution in [0, 0.1) is 17.8 Å². The van der Waals surface area contributed by atoms with Gasteiger partial charge in [0.1, 0.15) is 5.75 Å². The number of benzene rings is 3. The Hall–Kier alpha value is -3.47. The number of hydrogen-bond donors (Lipinski definition) is 2. The molecule has 2 heterocycles. The summed E-state index contributed by atoms with van der Waals surface area (Å²) in [7, 11) is -4.00. The van der Waals surface area contributed by atoms with Gasteiger partial charge in [0, 0.05) is 6.04 Å². The van der Waals surface area contributed by atoms with Crippen LogP contribution in [0.1, 0.15) is 84.6 Å². The van der Waals surface area contributed by atoms with Crippen LogP contribution in [0.4, 0.5) is 0 Å². The average Bonchev–Trinajstić information content (AvgIpc) is 3.41. The first-order valence-corrected chi connectivity index (χ1v) is 22.0. The Morgan fingerprint density at radius 1 is 0.963 bits per heavy atom. The molecule has 0 radical (unpaired) electrons. The van der Waals surface area contributed by atoms with Crippen molar-refractivity contribution < 1.29 is 28.8 Å². The minimum absolute atomic E-state index is 0.0512. The van der Waals surface area contributed by atoms with Crippen molar-refractivity contribution in [3.63, 3.8) is 0 Å². The molecule has 7 rings (SSSR count). The first-order chi connectivity index (χ1) is 25.9. The van der Waals surface area contributed by atoms with Crippen molar-refractivity contribution in [3.8, 4) is 5.75 Å². The highest BCUT2D eigenvalue weighted by molar-refractivity contribution is 6.99. The number of imide groups is 1. The molecule has 1 saturated carbocycles. The lowest BCUT2D eigenvalue weighted by Gasteiger charge is -2.46. The fourth-order valence-corrected chi connectivity index (χ4v) is 14.7. The zero-order valence-corrected chi connectivity index (χ0v) is 33.7. The summed E-state index contributed by atoms with van der Waals surface area (Å²) in [5.74, 6) is -1.33. The third-order valence-electron chi connectivity index (χ3n) is 12.3. The zero-order valence-electron chi connectivity index (χ0n) is 32.0. The van der Waals surface area contributed by atoms with Gasteiger partial charge in [0.2, 0.25) is 11.8 Å². The summed E-state index contributed by atoms with van der Waals surface area (Å²) in [6.45, 7) is 9.13. The first-order valence-electron chi connectivity index (χ1n) is 19.7. The van der Waals surface area contributed by atoms with Gasteiger partial charge in [0.05, 0.1) is 29.6 Å². The number of halogens is 1. The maximum atomic E-state index is 14.5. The predicted molar refractivity (Wildman–Crippen MR) is 218 cm³/mol. The summed E-state index contributed by atoms with van der Waals surface area (Å²) < 4.78 is 13.9. The van der Waals surface area contributed by atoms with E-state index in [-0.39, 0.29) is 40.9 Å². The summed E-state index contributed by atoms with van der Waals surface area (Å²) in [5.41, 5.74) is 3.94. The summed E-state index contributed by atoms with van der Waals surface area (Å²) in [6.07, 6.45) is 8.40. The van der Waals surface area contributed by atoms with E-state index in [1.54, 1.807) is 17.0 Å². The van der Waals surface area contributed by atoms with E-state index in [0.29, 0.717) is 30.9 Å². The van der Waals surface area contributed by atoms with Crippen LogP contribution in [-0.2, 0) is 18.7 Å². The highest BCUT2D eigenvalue weighted by atomic mass is 35.5. The number of phenols is 1. The lowest BCUT2D eigenvalue weighted by molar-refractivity contribution is -0.143. The van der Waals surface area contributed by atoms with Crippen molar-refractivity contribution >= 4 is 55.3 Å². The lowest BCUT2D eigenvalue weighted by atomic mass is 9.58. The Bertz CT molecular complexity index is 1870. The Morgan fingerprint density at radius 2 is 1.61 bits per heavy atom. The second-order valence-corrected chi connectivity index (χ2v) is 21.6. The minimum Gasteiger partial charge on any atom is -0.508 e. The number of allylic oxidation sites excluding steroid dienone is 1. The summed E-state index contributed by atoms with van der Waals surface area (Å²) in [5, 5.41) is 23.7. The smallest absolute Gasteiger partial charge is 0.455 e. The number of aromatic hydroxyl groups is 1. The zero-order chi connectivity index (χ0) is 38.2. The molecule has 54 heavy (non-hydrogen) atoms. The summed E-state index contributed by atoms with van der Waals surface area (Å²) in [4.78, 5) is 30.5. The highest BCUT2D eigenvalue weighted by Gasteiger charge is 2.59. The monoisotopic (exact) mass is 765 g/mol. The molecule has 284 valence electrons. The number of likely N-dealkylation sites (tertiary alicyclic amines) is 1. The Labute approximate surface area is 326 Å². The van der Waals surface area contributed by atoms with E-state index in [0.717, 1.165) is 54.4 Å². The Kier molecular flexibility index (Phi) is 11.5. The molecular weight excluding hydrogens is 713 g/mol. The van der Waals surface area contributed by atoms with E-state index in [1.807, 2.05) is 25.1 Å². The van der Waals surface area contributed by atoms with Gasteiger partial charge in [-0.2, -0.15) is 0 Å². The molecule has 10 heteroatoms. The first kappa shape index (κ1) is 38.8. The van der Waals surface area contributed by atoms with Crippen molar-refractivity contribution in [3.05, 3.63) is 106 Å². The minimum atomic E-state index is -2.94. The number of hydrogen-bond acceptors (Lipinski definition) is 6. The van der Waals surface area contributed by atoms with E-state index < -0.39 is 33.4 Å². The molecule has 2 N–H and O–H groups in total.